The second-order valence-corrected chi connectivity index (χ2v) is 4.76. The van der Waals surface area contributed by atoms with Crippen LogP contribution in [-0.2, 0) is 11.2 Å². The van der Waals surface area contributed by atoms with E-state index in [1.165, 1.54) is 5.56 Å². The summed E-state index contributed by atoms with van der Waals surface area (Å²) < 4.78 is 5.44. The summed E-state index contributed by atoms with van der Waals surface area (Å²) in [5, 5.41) is 0. The highest BCUT2D eigenvalue weighted by atomic mass is 16.5. The molecule has 0 saturated carbocycles. The molecule has 2 N–H and O–H groups in total. The van der Waals surface area contributed by atoms with Crippen molar-refractivity contribution < 1.29 is 4.74 Å². The first-order valence-corrected chi connectivity index (χ1v) is 6.35. The van der Waals surface area contributed by atoms with Crippen LogP contribution in [0.15, 0.2) is 30.3 Å². The lowest BCUT2D eigenvalue weighted by molar-refractivity contribution is 0.134. The van der Waals surface area contributed by atoms with Crippen LogP contribution in [0.4, 0.5) is 0 Å². The van der Waals surface area contributed by atoms with Gasteiger partial charge in [-0.3, -0.25) is 4.90 Å². The molecule has 3 nitrogen and oxygen atoms in total. The number of likely N-dealkylation sites (N-methyl/N-ethyl adjacent to an activating group) is 1. The van der Waals surface area contributed by atoms with Crippen LogP contribution in [0.5, 0.6) is 0 Å². The Hall–Kier alpha value is -0.900. The average Bonchev–Trinajstić information content (AvgIpc) is 2.90. The van der Waals surface area contributed by atoms with Crippen molar-refractivity contribution in [2.45, 2.75) is 24.9 Å². The largest absolute Gasteiger partial charge is 0.380 e. The highest BCUT2D eigenvalue weighted by Gasteiger charge is 2.25. The van der Waals surface area contributed by atoms with Gasteiger partial charge in [0.1, 0.15) is 0 Å². The maximum atomic E-state index is 5.91. The van der Waals surface area contributed by atoms with Crippen LogP contribution in [0.25, 0.3) is 0 Å². The summed E-state index contributed by atoms with van der Waals surface area (Å²) in [5.74, 6) is 0. The highest BCUT2D eigenvalue weighted by molar-refractivity contribution is 5.16. The molecular formula is C14H22N2O. The van der Waals surface area contributed by atoms with Gasteiger partial charge in [-0.05, 0) is 25.5 Å². The lowest BCUT2D eigenvalue weighted by atomic mass is 10.0. The fourth-order valence-electron chi connectivity index (χ4n) is 2.42. The summed E-state index contributed by atoms with van der Waals surface area (Å²) in [6.07, 6.45) is 2.14. The molecule has 1 aromatic rings. The molecule has 0 radical (unpaired) electrons. The second kappa shape index (κ2) is 6.15. The second-order valence-electron chi connectivity index (χ2n) is 4.76. The molecule has 0 amide bonds. The lowest BCUT2D eigenvalue weighted by Crippen LogP contribution is -2.45. The van der Waals surface area contributed by atoms with E-state index in [9.17, 15) is 0 Å². The van der Waals surface area contributed by atoms with Gasteiger partial charge in [0.2, 0.25) is 0 Å². The summed E-state index contributed by atoms with van der Waals surface area (Å²) in [6, 6.07) is 11.5. The minimum atomic E-state index is 0.407. The number of rotatable bonds is 5. The molecule has 1 saturated heterocycles. The van der Waals surface area contributed by atoms with Gasteiger partial charge in [-0.25, -0.2) is 0 Å². The SMILES string of the molecule is CN(C1CCOC1)C(CN)Cc1ccccc1. The predicted octanol–water partition coefficient (Wildman–Crippen LogP) is 1.28. The smallest absolute Gasteiger partial charge is 0.0622 e. The van der Waals surface area contributed by atoms with Crippen molar-refractivity contribution >= 4 is 0 Å². The third-order valence-corrected chi connectivity index (χ3v) is 3.64. The fraction of sp³-hybridized carbons (Fsp3) is 0.571. The van der Waals surface area contributed by atoms with Crippen LogP contribution in [0.2, 0.25) is 0 Å². The monoisotopic (exact) mass is 234 g/mol. The van der Waals surface area contributed by atoms with Gasteiger partial charge in [-0.15, -0.1) is 0 Å². The maximum Gasteiger partial charge on any atom is 0.0622 e. The molecule has 0 spiro atoms. The molecule has 2 atom stereocenters. The zero-order valence-corrected chi connectivity index (χ0v) is 10.5. The molecule has 1 aliphatic rings. The van der Waals surface area contributed by atoms with Crippen molar-refractivity contribution in [3.63, 3.8) is 0 Å². The van der Waals surface area contributed by atoms with Gasteiger partial charge < -0.3 is 10.5 Å². The van der Waals surface area contributed by atoms with E-state index < -0.39 is 0 Å². The number of nitrogens with two attached hydrogens (primary N) is 1. The van der Waals surface area contributed by atoms with Crippen LogP contribution in [-0.4, -0.2) is 43.8 Å². The minimum Gasteiger partial charge on any atom is -0.380 e. The molecule has 17 heavy (non-hydrogen) atoms. The highest BCUT2D eigenvalue weighted by Crippen LogP contribution is 2.15. The van der Waals surface area contributed by atoms with Gasteiger partial charge in [0.15, 0.2) is 0 Å². The summed E-state index contributed by atoms with van der Waals surface area (Å²) in [4.78, 5) is 2.39. The van der Waals surface area contributed by atoms with Crippen molar-refractivity contribution in [1.82, 2.24) is 4.90 Å². The molecule has 0 bridgehead atoms. The predicted molar refractivity (Wildman–Crippen MR) is 70.0 cm³/mol. The van der Waals surface area contributed by atoms with Crippen LogP contribution < -0.4 is 5.73 Å². The number of hydrogen-bond donors (Lipinski definition) is 1. The van der Waals surface area contributed by atoms with Crippen molar-refractivity contribution in [1.29, 1.82) is 0 Å². The Kier molecular flexibility index (Phi) is 4.54. The molecular weight excluding hydrogens is 212 g/mol. The third kappa shape index (κ3) is 3.28. The number of ether oxygens (including phenoxy) is 1. The van der Waals surface area contributed by atoms with Crippen molar-refractivity contribution in [3.8, 4) is 0 Å². The topological polar surface area (TPSA) is 38.5 Å². The summed E-state index contributed by atoms with van der Waals surface area (Å²) in [6.45, 7) is 2.43. The Bertz CT molecular complexity index is 322. The molecule has 1 fully saturated rings. The average molecular weight is 234 g/mol. The van der Waals surface area contributed by atoms with Crippen LogP contribution >= 0.6 is 0 Å². The van der Waals surface area contributed by atoms with E-state index in [1.54, 1.807) is 0 Å². The molecule has 1 aliphatic heterocycles. The van der Waals surface area contributed by atoms with Crippen molar-refractivity contribution in [2.75, 3.05) is 26.8 Å². The molecule has 3 heteroatoms. The molecule has 0 aromatic heterocycles. The normalized spacial score (nSPS) is 21.9. The first-order chi connectivity index (χ1) is 8.31. The summed E-state index contributed by atoms with van der Waals surface area (Å²) in [7, 11) is 2.17. The third-order valence-electron chi connectivity index (χ3n) is 3.64. The number of nitrogens with zero attached hydrogens (tertiary/aromatic N) is 1. The lowest BCUT2D eigenvalue weighted by Gasteiger charge is -2.31. The van der Waals surface area contributed by atoms with Crippen LogP contribution in [0, 0.1) is 0 Å². The quantitative estimate of drug-likeness (QED) is 0.834. The van der Waals surface area contributed by atoms with E-state index in [2.05, 4.69) is 42.3 Å². The van der Waals surface area contributed by atoms with Crippen molar-refractivity contribution in [2.24, 2.45) is 5.73 Å². The Morgan fingerprint density at radius 1 is 1.41 bits per heavy atom. The van der Waals surface area contributed by atoms with E-state index >= 15 is 0 Å². The van der Waals surface area contributed by atoms with E-state index in [4.69, 9.17) is 10.5 Å². The van der Waals surface area contributed by atoms with E-state index in [-0.39, 0.29) is 0 Å². The van der Waals surface area contributed by atoms with Gasteiger partial charge in [0.05, 0.1) is 6.61 Å². The standard InChI is InChI=1S/C14H22N2O/c1-16(13-7-8-17-11-13)14(10-15)9-12-5-3-2-4-6-12/h2-6,13-14H,7-11,15H2,1H3. The zero-order valence-electron chi connectivity index (χ0n) is 10.5. The Morgan fingerprint density at radius 2 is 2.18 bits per heavy atom. The van der Waals surface area contributed by atoms with Crippen molar-refractivity contribution in [3.05, 3.63) is 35.9 Å². The van der Waals surface area contributed by atoms with Gasteiger partial charge in [-0.1, -0.05) is 30.3 Å². The number of benzene rings is 1. The van der Waals surface area contributed by atoms with E-state index in [0.29, 0.717) is 18.6 Å². The van der Waals surface area contributed by atoms with Gasteiger partial charge in [-0.2, -0.15) is 0 Å². The number of hydrogen-bond acceptors (Lipinski definition) is 3. The van der Waals surface area contributed by atoms with E-state index in [0.717, 1.165) is 26.1 Å². The van der Waals surface area contributed by atoms with E-state index in [1.807, 2.05) is 0 Å². The molecule has 2 unspecified atom stereocenters. The Balaban J connectivity index is 1.96. The molecule has 1 aromatic carbocycles. The van der Waals surface area contributed by atoms with Crippen LogP contribution in [0.1, 0.15) is 12.0 Å². The first-order valence-electron chi connectivity index (χ1n) is 6.35. The molecule has 1 heterocycles. The van der Waals surface area contributed by atoms with Gasteiger partial charge >= 0.3 is 0 Å². The van der Waals surface area contributed by atoms with Gasteiger partial charge in [0, 0.05) is 25.2 Å². The molecule has 0 aliphatic carbocycles. The summed E-state index contributed by atoms with van der Waals surface area (Å²) >= 11 is 0. The Morgan fingerprint density at radius 3 is 2.76 bits per heavy atom. The molecule has 2 rings (SSSR count). The minimum absolute atomic E-state index is 0.407. The van der Waals surface area contributed by atoms with Crippen LogP contribution in [0.3, 0.4) is 0 Å². The first kappa shape index (κ1) is 12.6. The summed E-state index contributed by atoms with van der Waals surface area (Å²) in [5.41, 5.74) is 7.26. The van der Waals surface area contributed by atoms with Gasteiger partial charge in [0.25, 0.3) is 0 Å². The maximum absolute atomic E-state index is 5.91. The Labute approximate surface area is 104 Å². The molecule has 94 valence electrons. The zero-order chi connectivity index (χ0) is 12.1. The fourth-order valence-corrected chi connectivity index (χ4v) is 2.42.